The molecular formula is C14H26N2O5. The Morgan fingerprint density at radius 1 is 1.24 bits per heavy atom. The third kappa shape index (κ3) is 10.9. The number of Topliss-reactive ketones (excluding diaryl/α,β-unsaturated/α-hetero) is 1. The molecule has 1 atom stereocenters. The minimum atomic E-state index is -1.11. The number of rotatable bonds is 13. The average Bonchev–Trinajstić information content (AvgIpc) is 2.45. The number of carboxylic acid groups (broad SMARTS) is 1. The molecule has 0 aliphatic heterocycles. The summed E-state index contributed by atoms with van der Waals surface area (Å²) in [6.07, 6.45) is 2.13. The second-order valence-corrected chi connectivity index (χ2v) is 4.81. The first kappa shape index (κ1) is 19.5. The summed E-state index contributed by atoms with van der Waals surface area (Å²) in [7, 11) is 1.57. The maximum Gasteiger partial charge on any atom is 0.326 e. The Morgan fingerprint density at radius 2 is 1.95 bits per heavy atom. The van der Waals surface area contributed by atoms with E-state index in [4.69, 9.17) is 9.84 Å². The van der Waals surface area contributed by atoms with Gasteiger partial charge >= 0.3 is 5.97 Å². The van der Waals surface area contributed by atoms with E-state index in [9.17, 15) is 14.4 Å². The maximum atomic E-state index is 11.6. The smallest absolute Gasteiger partial charge is 0.326 e. The van der Waals surface area contributed by atoms with Crippen molar-refractivity contribution in [2.24, 2.45) is 0 Å². The van der Waals surface area contributed by atoms with Crippen molar-refractivity contribution in [1.82, 2.24) is 10.6 Å². The fourth-order valence-electron chi connectivity index (χ4n) is 1.66. The number of nitrogens with one attached hydrogen (secondary N) is 2. The molecule has 3 N–H and O–H groups in total. The van der Waals surface area contributed by atoms with Crippen molar-refractivity contribution in [1.29, 1.82) is 0 Å². The summed E-state index contributed by atoms with van der Waals surface area (Å²) in [5.41, 5.74) is 0. The van der Waals surface area contributed by atoms with Gasteiger partial charge in [-0.2, -0.15) is 0 Å². The fraction of sp³-hybridized carbons (Fsp3) is 0.786. The minimum Gasteiger partial charge on any atom is -0.480 e. The van der Waals surface area contributed by atoms with Crippen LogP contribution in [0.25, 0.3) is 0 Å². The largest absolute Gasteiger partial charge is 0.480 e. The zero-order valence-corrected chi connectivity index (χ0v) is 12.8. The molecule has 0 aromatic carbocycles. The number of ether oxygens (including phenoxy) is 1. The maximum absolute atomic E-state index is 11.6. The van der Waals surface area contributed by atoms with E-state index in [1.54, 1.807) is 7.11 Å². The molecular weight excluding hydrogens is 276 g/mol. The van der Waals surface area contributed by atoms with E-state index < -0.39 is 12.0 Å². The van der Waals surface area contributed by atoms with Crippen molar-refractivity contribution >= 4 is 17.7 Å². The van der Waals surface area contributed by atoms with Crippen molar-refractivity contribution in [3.8, 4) is 0 Å². The topological polar surface area (TPSA) is 105 Å². The van der Waals surface area contributed by atoms with E-state index in [0.29, 0.717) is 19.6 Å². The summed E-state index contributed by atoms with van der Waals surface area (Å²) in [4.78, 5) is 34.2. The van der Waals surface area contributed by atoms with Crippen LogP contribution < -0.4 is 10.6 Å². The number of carboxylic acids is 1. The van der Waals surface area contributed by atoms with Crippen LogP contribution in [0.5, 0.6) is 0 Å². The van der Waals surface area contributed by atoms with E-state index in [-0.39, 0.29) is 31.1 Å². The van der Waals surface area contributed by atoms with Gasteiger partial charge in [-0.05, 0) is 12.8 Å². The molecule has 0 saturated carbocycles. The van der Waals surface area contributed by atoms with Crippen LogP contribution in [-0.2, 0) is 19.1 Å². The van der Waals surface area contributed by atoms with Gasteiger partial charge in [-0.3, -0.25) is 9.59 Å². The number of carbonyl (C=O) groups is 3. The number of carbonyl (C=O) groups excluding carboxylic acids is 2. The van der Waals surface area contributed by atoms with Crippen LogP contribution in [0.15, 0.2) is 0 Å². The molecule has 122 valence electrons. The van der Waals surface area contributed by atoms with Crippen LogP contribution >= 0.6 is 0 Å². The zero-order valence-electron chi connectivity index (χ0n) is 12.8. The third-order valence-electron chi connectivity index (χ3n) is 2.91. The van der Waals surface area contributed by atoms with Gasteiger partial charge in [0.2, 0.25) is 5.91 Å². The van der Waals surface area contributed by atoms with Crippen LogP contribution in [0.4, 0.5) is 0 Å². The van der Waals surface area contributed by atoms with Crippen molar-refractivity contribution in [2.75, 3.05) is 26.8 Å². The number of amides is 1. The molecule has 0 spiro atoms. The van der Waals surface area contributed by atoms with Gasteiger partial charge < -0.3 is 20.5 Å². The lowest BCUT2D eigenvalue weighted by molar-refractivity contribution is -0.142. The number of methoxy groups -OCH3 is 1. The first-order valence-electron chi connectivity index (χ1n) is 7.24. The second-order valence-electron chi connectivity index (χ2n) is 4.81. The van der Waals surface area contributed by atoms with Crippen LogP contribution in [0.2, 0.25) is 0 Å². The molecule has 0 aromatic heterocycles. The first-order chi connectivity index (χ1) is 10.0. The van der Waals surface area contributed by atoms with Crippen LogP contribution in [0.1, 0.15) is 39.0 Å². The highest BCUT2D eigenvalue weighted by Crippen LogP contribution is 2.01. The standard InChI is InChI=1S/C14H26N2O5/c1-3-4-5-13(18)16-12(14(19)20)7-6-11(17)10-15-8-9-21-2/h12,15H,3-10H2,1-2H3,(H,16,18)(H,19,20). The summed E-state index contributed by atoms with van der Waals surface area (Å²) in [5.74, 6) is -1.48. The lowest BCUT2D eigenvalue weighted by Gasteiger charge is -2.14. The number of ketones is 1. The van der Waals surface area contributed by atoms with E-state index in [2.05, 4.69) is 10.6 Å². The molecule has 0 saturated heterocycles. The first-order valence-corrected chi connectivity index (χ1v) is 7.24. The van der Waals surface area contributed by atoms with Crippen LogP contribution in [-0.4, -0.2) is 55.6 Å². The summed E-state index contributed by atoms with van der Waals surface area (Å²) < 4.78 is 4.83. The van der Waals surface area contributed by atoms with Gasteiger partial charge in [0.25, 0.3) is 0 Å². The van der Waals surface area contributed by atoms with Crippen molar-refractivity contribution in [3.63, 3.8) is 0 Å². The van der Waals surface area contributed by atoms with E-state index >= 15 is 0 Å². The monoisotopic (exact) mass is 302 g/mol. The molecule has 7 heteroatoms. The summed E-state index contributed by atoms with van der Waals surface area (Å²) in [5, 5.41) is 14.4. The highest BCUT2D eigenvalue weighted by Gasteiger charge is 2.20. The van der Waals surface area contributed by atoms with Gasteiger partial charge in [-0.15, -0.1) is 0 Å². The van der Waals surface area contributed by atoms with Crippen molar-refractivity contribution in [2.45, 2.75) is 45.1 Å². The number of hydrogen-bond donors (Lipinski definition) is 3. The lowest BCUT2D eigenvalue weighted by Crippen LogP contribution is -2.41. The SMILES string of the molecule is CCCCC(=O)NC(CCC(=O)CNCCOC)C(=O)O. The highest BCUT2D eigenvalue weighted by molar-refractivity contribution is 5.85. The Morgan fingerprint density at radius 3 is 2.52 bits per heavy atom. The van der Waals surface area contributed by atoms with Crippen LogP contribution in [0.3, 0.4) is 0 Å². The second kappa shape index (κ2) is 12.3. The molecule has 0 aromatic rings. The molecule has 0 bridgehead atoms. The Hall–Kier alpha value is -1.47. The predicted molar refractivity (Wildman–Crippen MR) is 78.1 cm³/mol. The van der Waals surface area contributed by atoms with Crippen molar-refractivity contribution < 1.29 is 24.2 Å². The highest BCUT2D eigenvalue weighted by atomic mass is 16.5. The Kier molecular flexibility index (Phi) is 11.4. The molecule has 0 aliphatic carbocycles. The van der Waals surface area contributed by atoms with E-state index in [0.717, 1.165) is 12.8 Å². The van der Waals surface area contributed by atoms with Crippen molar-refractivity contribution in [3.05, 3.63) is 0 Å². The molecule has 0 radical (unpaired) electrons. The normalized spacial score (nSPS) is 11.9. The summed E-state index contributed by atoms with van der Waals surface area (Å²) >= 11 is 0. The van der Waals surface area contributed by atoms with E-state index in [1.807, 2.05) is 6.92 Å². The number of hydrogen-bond acceptors (Lipinski definition) is 5. The number of unbranched alkanes of at least 4 members (excludes halogenated alkanes) is 1. The Balaban J connectivity index is 4.00. The van der Waals surface area contributed by atoms with Gasteiger partial charge in [0.15, 0.2) is 0 Å². The Bertz CT molecular complexity index is 333. The molecule has 0 rings (SSSR count). The Labute approximate surface area is 125 Å². The lowest BCUT2D eigenvalue weighted by atomic mass is 10.1. The number of aliphatic carboxylic acids is 1. The summed E-state index contributed by atoms with van der Waals surface area (Å²) in [6.45, 7) is 3.22. The molecule has 0 aliphatic rings. The molecule has 1 unspecified atom stereocenters. The molecule has 1 amide bonds. The molecule has 0 heterocycles. The van der Waals surface area contributed by atoms with Gasteiger partial charge in [-0.25, -0.2) is 4.79 Å². The molecule has 7 nitrogen and oxygen atoms in total. The predicted octanol–water partition coefficient (Wildman–Crippen LogP) is 0.331. The van der Waals surface area contributed by atoms with Gasteiger partial charge in [0.05, 0.1) is 13.2 Å². The molecule has 0 fully saturated rings. The third-order valence-corrected chi connectivity index (χ3v) is 2.91. The van der Waals surface area contributed by atoms with Crippen LogP contribution in [0, 0.1) is 0 Å². The molecule has 21 heavy (non-hydrogen) atoms. The van der Waals surface area contributed by atoms with Gasteiger partial charge in [0, 0.05) is 26.5 Å². The zero-order chi connectivity index (χ0) is 16.1. The fourth-order valence-corrected chi connectivity index (χ4v) is 1.66. The minimum absolute atomic E-state index is 0.0832. The van der Waals surface area contributed by atoms with E-state index in [1.165, 1.54) is 0 Å². The average molecular weight is 302 g/mol. The van der Waals surface area contributed by atoms with Gasteiger partial charge in [0.1, 0.15) is 11.8 Å². The summed E-state index contributed by atoms with van der Waals surface area (Å²) in [6, 6.07) is -1.00. The van der Waals surface area contributed by atoms with Gasteiger partial charge in [-0.1, -0.05) is 13.3 Å². The quantitative estimate of drug-likeness (QED) is 0.424.